The quantitative estimate of drug-likeness (QED) is 0.677. The van der Waals surface area contributed by atoms with E-state index in [1.54, 1.807) is 0 Å². The molecule has 2 N–H and O–H groups in total. The number of likely N-dealkylation sites (tertiary alicyclic amines) is 1. The lowest BCUT2D eigenvalue weighted by atomic mass is 9.92. The number of rotatable bonds is 8. The minimum absolute atomic E-state index is 0.373. The van der Waals surface area contributed by atoms with Crippen molar-refractivity contribution >= 4 is 5.91 Å². The summed E-state index contributed by atoms with van der Waals surface area (Å²) in [7, 11) is 0. The first kappa shape index (κ1) is 15.5. The first-order valence-electron chi connectivity index (χ1n) is 7.75. The summed E-state index contributed by atoms with van der Waals surface area (Å²) in [5.74, 6) is 1.24. The third kappa shape index (κ3) is 5.85. The molecule has 0 aliphatic carbocycles. The molecule has 1 aliphatic rings. The molecule has 1 heterocycles. The molecule has 18 heavy (non-hydrogen) atoms. The van der Waals surface area contributed by atoms with Gasteiger partial charge in [0.15, 0.2) is 0 Å². The summed E-state index contributed by atoms with van der Waals surface area (Å²) in [5.41, 5.74) is 5.45. The van der Waals surface area contributed by atoms with Crippen molar-refractivity contribution in [1.29, 1.82) is 0 Å². The summed E-state index contributed by atoms with van der Waals surface area (Å²) in [4.78, 5) is 14.1. The zero-order valence-corrected chi connectivity index (χ0v) is 12.0. The molecule has 0 unspecified atom stereocenters. The number of unbranched alkanes of at least 4 members (excludes halogenated alkanes) is 3. The van der Waals surface area contributed by atoms with Crippen LogP contribution in [0.5, 0.6) is 0 Å². The Hall–Kier alpha value is -0.570. The Morgan fingerprint density at radius 1 is 1.17 bits per heavy atom. The van der Waals surface area contributed by atoms with E-state index in [2.05, 4.69) is 11.8 Å². The molecule has 0 radical (unpaired) electrons. The Balaban J connectivity index is 2.08. The van der Waals surface area contributed by atoms with E-state index in [0.29, 0.717) is 5.91 Å². The maximum absolute atomic E-state index is 12.0. The smallest absolute Gasteiger partial charge is 0.222 e. The zero-order valence-electron chi connectivity index (χ0n) is 12.0. The second kappa shape index (κ2) is 9.37. The molecular weight excluding hydrogens is 224 g/mol. The molecule has 3 heteroatoms. The topological polar surface area (TPSA) is 46.3 Å². The Morgan fingerprint density at radius 3 is 2.44 bits per heavy atom. The molecule has 106 valence electrons. The molecule has 0 saturated carbocycles. The fraction of sp³-hybridized carbons (Fsp3) is 0.933. The van der Waals surface area contributed by atoms with Gasteiger partial charge in [-0.2, -0.15) is 0 Å². The third-order valence-electron chi connectivity index (χ3n) is 4.01. The van der Waals surface area contributed by atoms with Crippen molar-refractivity contribution in [2.75, 3.05) is 19.6 Å². The monoisotopic (exact) mass is 254 g/mol. The first-order chi connectivity index (χ1) is 8.77. The van der Waals surface area contributed by atoms with Crippen molar-refractivity contribution < 1.29 is 4.79 Å². The van der Waals surface area contributed by atoms with Crippen LogP contribution in [0.3, 0.4) is 0 Å². The lowest BCUT2D eigenvalue weighted by molar-refractivity contribution is -0.132. The van der Waals surface area contributed by atoms with E-state index in [0.717, 1.165) is 51.2 Å². The molecule has 1 fully saturated rings. The van der Waals surface area contributed by atoms with Gasteiger partial charge >= 0.3 is 0 Å². The van der Waals surface area contributed by atoms with E-state index in [4.69, 9.17) is 5.73 Å². The molecule has 0 aromatic rings. The lowest BCUT2D eigenvalue weighted by Gasteiger charge is -2.32. The van der Waals surface area contributed by atoms with E-state index in [9.17, 15) is 4.79 Å². The number of piperidine rings is 1. The average Bonchev–Trinajstić information content (AvgIpc) is 2.39. The van der Waals surface area contributed by atoms with Crippen molar-refractivity contribution in [3.8, 4) is 0 Å². The van der Waals surface area contributed by atoms with Gasteiger partial charge in [0.2, 0.25) is 5.91 Å². The van der Waals surface area contributed by atoms with Crippen LogP contribution in [-0.4, -0.2) is 30.4 Å². The van der Waals surface area contributed by atoms with Gasteiger partial charge in [0.25, 0.3) is 0 Å². The molecular formula is C15H30N2O. The van der Waals surface area contributed by atoms with Crippen LogP contribution in [0, 0.1) is 5.92 Å². The van der Waals surface area contributed by atoms with Crippen molar-refractivity contribution in [2.24, 2.45) is 11.7 Å². The number of carbonyl (C=O) groups is 1. The van der Waals surface area contributed by atoms with Gasteiger partial charge in [0.1, 0.15) is 0 Å². The van der Waals surface area contributed by atoms with Crippen LogP contribution in [0.25, 0.3) is 0 Å². The molecule has 0 atom stereocenters. The van der Waals surface area contributed by atoms with Gasteiger partial charge in [-0.3, -0.25) is 4.79 Å². The Kier molecular flexibility index (Phi) is 8.06. The first-order valence-corrected chi connectivity index (χ1v) is 7.75. The summed E-state index contributed by atoms with van der Waals surface area (Å²) in [6, 6.07) is 0. The second-order valence-corrected chi connectivity index (χ2v) is 5.57. The SMILES string of the molecule is CCCC1CCN(C(=O)CCCCCCN)CC1. The van der Waals surface area contributed by atoms with Crippen molar-refractivity contribution in [1.82, 2.24) is 4.90 Å². The molecule has 3 nitrogen and oxygen atoms in total. The summed E-state index contributed by atoms with van der Waals surface area (Å²) in [6.07, 6.45) is 10.2. The van der Waals surface area contributed by atoms with Gasteiger partial charge in [0.05, 0.1) is 0 Å². The van der Waals surface area contributed by atoms with Gasteiger partial charge in [-0.15, -0.1) is 0 Å². The Morgan fingerprint density at radius 2 is 1.83 bits per heavy atom. The van der Waals surface area contributed by atoms with Crippen LogP contribution in [0.1, 0.15) is 64.7 Å². The highest BCUT2D eigenvalue weighted by molar-refractivity contribution is 5.76. The average molecular weight is 254 g/mol. The lowest BCUT2D eigenvalue weighted by Crippen LogP contribution is -2.38. The maximum Gasteiger partial charge on any atom is 0.222 e. The van der Waals surface area contributed by atoms with E-state index < -0.39 is 0 Å². The summed E-state index contributed by atoms with van der Waals surface area (Å²) in [6.45, 7) is 5.01. The van der Waals surface area contributed by atoms with Crippen LogP contribution in [-0.2, 0) is 4.79 Å². The highest BCUT2D eigenvalue weighted by atomic mass is 16.2. The van der Waals surface area contributed by atoms with E-state index in [1.807, 2.05) is 0 Å². The van der Waals surface area contributed by atoms with Crippen LogP contribution < -0.4 is 5.73 Å². The predicted molar refractivity (Wildman–Crippen MR) is 76.4 cm³/mol. The molecule has 1 amide bonds. The largest absolute Gasteiger partial charge is 0.343 e. The summed E-state index contributed by atoms with van der Waals surface area (Å²) >= 11 is 0. The number of amides is 1. The number of hydrogen-bond donors (Lipinski definition) is 1. The molecule has 1 saturated heterocycles. The van der Waals surface area contributed by atoms with Crippen molar-refractivity contribution in [2.45, 2.75) is 64.7 Å². The van der Waals surface area contributed by atoms with Gasteiger partial charge in [0, 0.05) is 19.5 Å². The fourth-order valence-electron chi connectivity index (χ4n) is 2.81. The number of nitrogens with two attached hydrogens (primary N) is 1. The number of nitrogens with zero attached hydrogens (tertiary/aromatic N) is 1. The highest BCUT2D eigenvalue weighted by Gasteiger charge is 2.21. The molecule has 0 aromatic carbocycles. The van der Waals surface area contributed by atoms with E-state index in [-0.39, 0.29) is 0 Å². The normalized spacial score (nSPS) is 17.1. The van der Waals surface area contributed by atoms with Crippen LogP contribution in [0.15, 0.2) is 0 Å². The van der Waals surface area contributed by atoms with E-state index >= 15 is 0 Å². The fourth-order valence-corrected chi connectivity index (χ4v) is 2.81. The van der Waals surface area contributed by atoms with Crippen LogP contribution in [0.4, 0.5) is 0 Å². The highest BCUT2D eigenvalue weighted by Crippen LogP contribution is 2.22. The minimum atomic E-state index is 0.373. The molecule has 0 spiro atoms. The molecule has 0 bridgehead atoms. The van der Waals surface area contributed by atoms with Crippen LogP contribution >= 0.6 is 0 Å². The minimum Gasteiger partial charge on any atom is -0.343 e. The Labute approximate surface area is 112 Å². The van der Waals surface area contributed by atoms with Crippen LogP contribution in [0.2, 0.25) is 0 Å². The van der Waals surface area contributed by atoms with Crippen molar-refractivity contribution in [3.63, 3.8) is 0 Å². The maximum atomic E-state index is 12.0. The van der Waals surface area contributed by atoms with Gasteiger partial charge in [-0.25, -0.2) is 0 Å². The Bertz CT molecular complexity index is 223. The third-order valence-corrected chi connectivity index (χ3v) is 4.01. The number of hydrogen-bond acceptors (Lipinski definition) is 2. The number of carbonyl (C=O) groups excluding carboxylic acids is 1. The van der Waals surface area contributed by atoms with Gasteiger partial charge in [-0.05, 0) is 38.1 Å². The van der Waals surface area contributed by atoms with Gasteiger partial charge < -0.3 is 10.6 Å². The predicted octanol–water partition coefficient (Wildman–Crippen LogP) is 2.93. The molecule has 1 rings (SSSR count). The summed E-state index contributed by atoms with van der Waals surface area (Å²) < 4.78 is 0. The van der Waals surface area contributed by atoms with E-state index in [1.165, 1.54) is 32.1 Å². The molecule has 1 aliphatic heterocycles. The standard InChI is InChI=1S/C15H30N2O/c1-2-7-14-9-12-17(13-10-14)15(18)8-5-3-4-6-11-16/h14H,2-13,16H2,1H3. The molecule has 0 aromatic heterocycles. The summed E-state index contributed by atoms with van der Waals surface area (Å²) in [5, 5.41) is 0. The van der Waals surface area contributed by atoms with Gasteiger partial charge in [-0.1, -0.05) is 32.6 Å². The second-order valence-electron chi connectivity index (χ2n) is 5.57. The van der Waals surface area contributed by atoms with Crippen molar-refractivity contribution in [3.05, 3.63) is 0 Å². The zero-order chi connectivity index (χ0) is 13.2.